The summed E-state index contributed by atoms with van der Waals surface area (Å²) in [6, 6.07) is 4.61. The lowest BCUT2D eigenvalue weighted by molar-refractivity contribution is 0.468. The van der Waals surface area contributed by atoms with Gasteiger partial charge < -0.3 is 4.90 Å². The smallest absolute Gasteiger partial charge is 0.161 e. The molecule has 0 radical (unpaired) electrons. The Morgan fingerprint density at radius 2 is 1.89 bits per heavy atom. The van der Waals surface area contributed by atoms with Crippen LogP contribution in [0.4, 0.5) is 5.82 Å². The van der Waals surface area contributed by atoms with E-state index in [-0.39, 0.29) is 6.04 Å². The van der Waals surface area contributed by atoms with Gasteiger partial charge in [0.2, 0.25) is 0 Å². The fourth-order valence-electron chi connectivity index (χ4n) is 4.51. The topological polar surface area (TPSA) is 72.6 Å². The number of aromatic nitrogens is 6. The van der Waals surface area contributed by atoms with E-state index in [2.05, 4.69) is 36.6 Å². The minimum absolute atomic E-state index is 0.196. The van der Waals surface area contributed by atoms with Gasteiger partial charge in [0, 0.05) is 24.0 Å². The van der Waals surface area contributed by atoms with Gasteiger partial charge in [0.25, 0.3) is 0 Å². The normalized spacial score (nSPS) is 19.2. The van der Waals surface area contributed by atoms with Crippen molar-refractivity contribution >= 4 is 5.82 Å². The molecule has 4 heterocycles. The monoisotopic (exact) mass is 361 g/mol. The Morgan fingerprint density at radius 3 is 2.63 bits per heavy atom. The highest BCUT2D eigenvalue weighted by atomic mass is 15.4. The van der Waals surface area contributed by atoms with Crippen molar-refractivity contribution in [1.29, 1.82) is 0 Å². The van der Waals surface area contributed by atoms with Crippen LogP contribution in [-0.2, 0) is 0 Å². The molecule has 1 aliphatic heterocycles. The highest BCUT2D eigenvalue weighted by molar-refractivity contribution is 5.66. The molecule has 138 valence electrons. The van der Waals surface area contributed by atoms with Crippen molar-refractivity contribution in [2.75, 3.05) is 4.90 Å². The van der Waals surface area contributed by atoms with E-state index in [1.54, 1.807) is 12.4 Å². The Hall–Kier alpha value is -2.83. The molecule has 7 heteroatoms. The Bertz CT molecular complexity index is 960. The molecular formula is C20H23N7. The predicted octanol–water partition coefficient (Wildman–Crippen LogP) is 3.64. The van der Waals surface area contributed by atoms with Crippen LogP contribution in [0.2, 0.25) is 0 Å². The first-order chi connectivity index (χ1) is 13.3. The molecule has 3 aromatic heterocycles. The molecule has 2 aliphatic rings. The summed E-state index contributed by atoms with van der Waals surface area (Å²) >= 11 is 0. The first-order valence-electron chi connectivity index (χ1n) is 9.76. The lowest BCUT2D eigenvalue weighted by Crippen LogP contribution is -2.42. The molecule has 0 spiro atoms. The van der Waals surface area contributed by atoms with E-state index in [1.807, 2.05) is 25.3 Å². The van der Waals surface area contributed by atoms with Crippen molar-refractivity contribution in [3.8, 4) is 17.1 Å². The average Bonchev–Trinajstić information content (AvgIpc) is 3.37. The lowest BCUT2D eigenvalue weighted by Gasteiger charge is -2.41. The zero-order valence-corrected chi connectivity index (χ0v) is 15.7. The molecular weight excluding hydrogens is 338 g/mol. The van der Waals surface area contributed by atoms with E-state index < -0.39 is 0 Å². The van der Waals surface area contributed by atoms with Crippen LogP contribution in [0.5, 0.6) is 0 Å². The number of aryl methyl sites for hydroxylation is 1. The van der Waals surface area contributed by atoms with E-state index in [9.17, 15) is 0 Å². The highest BCUT2D eigenvalue weighted by Gasteiger charge is 2.39. The minimum Gasteiger partial charge on any atom is -0.342 e. The van der Waals surface area contributed by atoms with Crippen LogP contribution < -0.4 is 4.90 Å². The van der Waals surface area contributed by atoms with E-state index in [4.69, 9.17) is 4.98 Å². The average molecular weight is 361 g/mol. The molecule has 0 N–H and O–H groups in total. The predicted molar refractivity (Wildman–Crippen MR) is 103 cm³/mol. The second-order valence-corrected chi connectivity index (χ2v) is 7.35. The third-order valence-corrected chi connectivity index (χ3v) is 5.76. The molecule has 3 aromatic rings. The van der Waals surface area contributed by atoms with Crippen LogP contribution in [0, 0.1) is 6.92 Å². The molecule has 0 aromatic carbocycles. The number of rotatable bonds is 3. The second kappa shape index (κ2) is 6.40. The molecule has 0 unspecified atom stereocenters. The standard InChI is InChI=1S/C20H23N7/c1-3-16-20-25-24-13(2)26(20)17-12-22-18(14-8-10-21-11-9-14)23-19(17)27(16)15-6-4-5-7-15/h8-12,15-16H,3-7H2,1-2H3/t16-/m1/s1. The number of nitrogens with zero attached hydrogens (tertiary/aromatic N) is 7. The van der Waals surface area contributed by atoms with Gasteiger partial charge in [-0.2, -0.15) is 0 Å². The van der Waals surface area contributed by atoms with Gasteiger partial charge in [-0.05, 0) is 38.3 Å². The van der Waals surface area contributed by atoms with Gasteiger partial charge in [-0.3, -0.25) is 9.55 Å². The lowest BCUT2D eigenvalue weighted by atomic mass is 10.0. The molecule has 1 aliphatic carbocycles. The van der Waals surface area contributed by atoms with Crippen LogP contribution >= 0.6 is 0 Å². The Balaban J connectivity index is 1.72. The molecule has 0 amide bonds. The van der Waals surface area contributed by atoms with E-state index >= 15 is 0 Å². The van der Waals surface area contributed by atoms with Gasteiger partial charge in [0.1, 0.15) is 11.5 Å². The van der Waals surface area contributed by atoms with E-state index in [0.717, 1.165) is 41.0 Å². The summed E-state index contributed by atoms with van der Waals surface area (Å²) in [4.78, 5) is 16.3. The van der Waals surface area contributed by atoms with Crippen LogP contribution in [0.15, 0.2) is 30.7 Å². The summed E-state index contributed by atoms with van der Waals surface area (Å²) in [7, 11) is 0. The summed E-state index contributed by atoms with van der Waals surface area (Å²) in [5.74, 6) is 3.64. The Morgan fingerprint density at radius 1 is 1.11 bits per heavy atom. The summed E-state index contributed by atoms with van der Waals surface area (Å²) < 4.78 is 2.13. The largest absolute Gasteiger partial charge is 0.342 e. The highest BCUT2D eigenvalue weighted by Crippen LogP contribution is 2.43. The third-order valence-electron chi connectivity index (χ3n) is 5.76. The summed E-state index contributed by atoms with van der Waals surface area (Å²) in [6.45, 7) is 4.21. The van der Waals surface area contributed by atoms with Crippen molar-refractivity contribution in [1.82, 2.24) is 29.7 Å². The summed E-state index contributed by atoms with van der Waals surface area (Å²) in [5, 5.41) is 8.88. The molecule has 0 saturated heterocycles. The quantitative estimate of drug-likeness (QED) is 0.709. The van der Waals surface area contributed by atoms with Crippen molar-refractivity contribution < 1.29 is 0 Å². The fourth-order valence-corrected chi connectivity index (χ4v) is 4.51. The Labute approximate surface area is 158 Å². The molecule has 27 heavy (non-hydrogen) atoms. The van der Waals surface area contributed by atoms with Gasteiger partial charge in [-0.1, -0.05) is 19.8 Å². The molecule has 7 nitrogen and oxygen atoms in total. The summed E-state index contributed by atoms with van der Waals surface area (Å²) in [6.07, 6.45) is 11.4. The zero-order valence-electron chi connectivity index (χ0n) is 15.7. The first-order valence-corrected chi connectivity index (χ1v) is 9.76. The van der Waals surface area contributed by atoms with Crippen molar-refractivity contribution in [2.24, 2.45) is 0 Å². The molecule has 1 fully saturated rings. The van der Waals surface area contributed by atoms with Gasteiger partial charge in [-0.15, -0.1) is 10.2 Å². The number of fused-ring (bicyclic) bond motifs is 3. The number of hydrogen-bond acceptors (Lipinski definition) is 6. The first kappa shape index (κ1) is 16.4. The summed E-state index contributed by atoms with van der Waals surface area (Å²) in [5.41, 5.74) is 1.97. The van der Waals surface area contributed by atoms with Crippen molar-refractivity contribution in [3.05, 3.63) is 42.4 Å². The van der Waals surface area contributed by atoms with Crippen LogP contribution in [0.1, 0.15) is 56.7 Å². The number of hydrogen-bond donors (Lipinski definition) is 0. The molecule has 5 rings (SSSR count). The van der Waals surface area contributed by atoms with E-state index in [0.29, 0.717) is 6.04 Å². The maximum atomic E-state index is 5.04. The van der Waals surface area contributed by atoms with Crippen LogP contribution in [0.25, 0.3) is 17.1 Å². The van der Waals surface area contributed by atoms with Crippen LogP contribution in [-0.4, -0.2) is 35.8 Å². The third kappa shape index (κ3) is 2.52. The van der Waals surface area contributed by atoms with Crippen molar-refractivity contribution in [3.63, 3.8) is 0 Å². The SMILES string of the molecule is CC[C@@H]1c2nnc(C)n2-c2cnc(-c3ccncc3)nc2N1C1CCCC1. The van der Waals surface area contributed by atoms with Gasteiger partial charge in [0.15, 0.2) is 17.5 Å². The minimum atomic E-state index is 0.196. The van der Waals surface area contributed by atoms with Gasteiger partial charge in [-0.25, -0.2) is 9.97 Å². The maximum Gasteiger partial charge on any atom is 0.161 e. The maximum absolute atomic E-state index is 5.04. The second-order valence-electron chi connectivity index (χ2n) is 7.35. The van der Waals surface area contributed by atoms with E-state index in [1.165, 1.54) is 25.7 Å². The zero-order chi connectivity index (χ0) is 18.4. The molecule has 0 bridgehead atoms. The number of anilines is 1. The van der Waals surface area contributed by atoms with Crippen LogP contribution in [0.3, 0.4) is 0 Å². The number of pyridine rings is 1. The Kier molecular flexibility index (Phi) is 3.88. The molecule has 1 atom stereocenters. The molecule has 1 saturated carbocycles. The van der Waals surface area contributed by atoms with Crippen molar-refractivity contribution in [2.45, 2.75) is 58.0 Å². The van der Waals surface area contributed by atoms with Gasteiger partial charge >= 0.3 is 0 Å². The van der Waals surface area contributed by atoms with Gasteiger partial charge in [0.05, 0.1) is 12.2 Å². The fraction of sp³-hybridized carbons (Fsp3) is 0.450.